The minimum absolute atomic E-state index is 0.226. The number of amidine groups is 1. The third-order valence-corrected chi connectivity index (χ3v) is 2.05. The number of rotatable bonds is 6. The van der Waals surface area contributed by atoms with Crippen molar-refractivity contribution in [2.75, 3.05) is 6.54 Å². The van der Waals surface area contributed by atoms with E-state index >= 15 is 0 Å². The number of hydrogen-bond donors (Lipinski definition) is 3. The zero-order valence-electron chi connectivity index (χ0n) is 9.83. The average molecular weight is 249 g/mol. The second-order valence-electron chi connectivity index (χ2n) is 3.85. The Balaban J connectivity index is 4.51. The molecule has 5 nitrogen and oxygen atoms in total. The molecule has 5 N–H and O–H groups in total. The van der Waals surface area contributed by atoms with Gasteiger partial charge >= 0.3 is 5.97 Å². The number of carbonyl (C=O) groups is 1. The maximum absolute atomic E-state index is 13.3. The third-order valence-electron chi connectivity index (χ3n) is 2.05. The van der Waals surface area contributed by atoms with Crippen LogP contribution in [0.2, 0.25) is 0 Å². The van der Waals surface area contributed by atoms with Crippen LogP contribution in [0.3, 0.4) is 0 Å². The first-order chi connectivity index (χ1) is 7.69. The maximum atomic E-state index is 13.3. The fraction of sp³-hybridized carbons (Fsp3) is 0.600. The lowest BCUT2D eigenvalue weighted by Crippen LogP contribution is -2.45. The molecule has 0 bridgehead atoms. The molecule has 0 spiro atoms. The van der Waals surface area contributed by atoms with Crippen LogP contribution in [0.5, 0.6) is 0 Å². The molecule has 0 aliphatic rings. The van der Waals surface area contributed by atoms with Gasteiger partial charge in [-0.15, -0.1) is 0 Å². The number of hydrogen-bond acceptors (Lipinski definition) is 3. The van der Waals surface area contributed by atoms with Gasteiger partial charge in [0.05, 0.1) is 5.84 Å². The molecule has 7 heteroatoms. The van der Waals surface area contributed by atoms with Gasteiger partial charge in [0.2, 0.25) is 0 Å². The van der Waals surface area contributed by atoms with Crippen molar-refractivity contribution in [3.8, 4) is 0 Å². The molecule has 0 aromatic heterocycles. The van der Waals surface area contributed by atoms with Gasteiger partial charge in [-0.3, -0.25) is 4.99 Å². The zero-order valence-corrected chi connectivity index (χ0v) is 9.83. The Morgan fingerprint density at radius 1 is 1.47 bits per heavy atom. The summed E-state index contributed by atoms with van der Waals surface area (Å²) in [7, 11) is 0. The van der Waals surface area contributed by atoms with E-state index in [9.17, 15) is 13.6 Å². The molecule has 1 atom stereocenters. The number of halogens is 2. The number of carboxylic acid groups (broad SMARTS) is 1. The SMILES string of the molecule is CC(N)=NCCC/C(F)=C(\F)C(C)(N)C(=O)O. The van der Waals surface area contributed by atoms with E-state index in [1.807, 2.05) is 0 Å². The molecule has 0 aromatic rings. The lowest BCUT2D eigenvalue weighted by Gasteiger charge is -2.17. The summed E-state index contributed by atoms with van der Waals surface area (Å²) in [6, 6.07) is 0. The van der Waals surface area contributed by atoms with Crippen LogP contribution >= 0.6 is 0 Å². The second-order valence-corrected chi connectivity index (χ2v) is 3.85. The lowest BCUT2D eigenvalue weighted by molar-refractivity contribution is -0.141. The normalized spacial score (nSPS) is 17.4. The molecule has 0 radical (unpaired) electrons. The van der Waals surface area contributed by atoms with Crippen LogP contribution in [0.15, 0.2) is 16.6 Å². The fourth-order valence-corrected chi connectivity index (χ4v) is 0.975. The van der Waals surface area contributed by atoms with Gasteiger partial charge in [0.15, 0.2) is 11.4 Å². The van der Waals surface area contributed by atoms with Crippen LogP contribution in [-0.4, -0.2) is 29.0 Å². The summed E-state index contributed by atoms with van der Waals surface area (Å²) in [5.74, 6) is -3.90. The summed E-state index contributed by atoms with van der Waals surface area (Å²) in [4.78, 5) is 14.4. The molecule has 0 aliphatic carbocycles. The van der Waals surface area contributed by atoms with Gasteiger partial charge in [-0.2, -0.15) is 0 Å². The van der Waals surface area contributed by atoms with Gasteiger partial charge in [-0.1, -0.05) is 0 Å². The molecular weight excluding hydrogens is 232 g/mol. The van der Waals surface area contributed by atoms with Crippen LogP contribution in [0.1, 0.15) is 26.7 Å². The number of aliphatic carboxylic acids is 1. The summed E-state index contributed by atoms with van der Waals surface area (Å²) in [5, 5.41) is 8.60. The fourth-order valence-electron chi connectivity index (χ4n) is 0.975. The lowest BCUT2D eigenvalue weighted by atomic mass is 10.0. The first-order valence-electron chi connectivity index (χ1n) is 5.03. The van der Waals surface area contributed by atoms with Gasteiger partial charge in [0.25, 0.3) is 0 Å². The van der Waals surface area contributed by atoms with E-state index < -0.39 is 23.2 Å². The van der Waals surface area contributed by atoms with Crippen molar-refractivity contribution in [2.45, 2.75) is 32.2 Å². The molecule has 0 aliphatic heterocycles. The minimum Gasteiger partial charge on any atom is -0.480 e. The highest BCUT2D eigenvalue weighted by Crippen LogP contribution is 2.23. The molecule has 1 unspecified atom stereocenters. The standard InChI is InChI=1S/C10H17F2N3O2/c1-6(13)15-5-3-4-7(11)8(12)10(2,14)9(16)17/h3-5,14H2,1-2H3,(H2,13,15)(H,16,17)/b8-7+. The Labute approximate surface area is 98.2 Å². The molecule has 98 valence electrons. The van der Waals surface area contributed by atoms with Crippen molar-refractivity contribution in [3.05, 3.63) is 11.7 Å². The van der Waals surface area contributed by atoms with Crippen molar-refractivity contribution in [2.24, 2.45) is 16.5 Å². The summed E-state index contributed by atoms with van der Waals surface area (Å²) in [6.45, 7) is 2.72. The first-order valence-corrected chi connectivity index (χ1v) is 5.03. The predicted molar refractivity (Wildman–Crippen MR) is 60.9 cm³/mol. The van der Waals surface area contributed by atoms with Crippen molar-refractivity contribution in [1.82, 2.24) is 0 Å². The molecule has 17 heavy (non-hydrogen) atoms. The van der Waals surface area contributed by atoms with Gasteiger partial charge < -0.3 is 16.6 Å². The van der Waals surface area contributed by atoms with Crippen molar-refractivity contribution in [3.63, 3.8) is 0 Å². The Morgan fingerprint density at radius 2 is 2.00 bits per heavy atom. The predicted octanol–water partition coefficient (Wildman–Crippen LogP) is 1.10. The summed E-state index contributed by atoms with van der Waals surface area (Å²) < 4.78 is 26.6. The van der Waals surface area contributed by atoms with Crippen LogP contribution in [0, 0.1) is 0 Å². The minimum atomic E-state index is -2.34. The van der Waals surface area contributed by atoms with E-state index in [1.165, 1.54) is 0 Å². The number of nitrogens with two attached hydrogens (primary N) is 2. The Bertz CT molecular complexity index is 347. The third kappa shape index (κ3) is 4.90. The van der Waals surface area contributed by atoms with Crippen molar-refractivity contribution < 1.29 is 18.7 Å². The summed E-state index contributed by atoms with van der Waals surface area (Å²) in [5.41, 5.74) is 8.05. The van der Waals surface area contributed by atoms with E-state index in [4.69, 9.17) is 16.6 Å². The first kappa shape index (κ1) is 15.5. The van der Waals surface area contributed by atoms with Gasteiger partial charge in [0.1, 0.15) is 5.83 Å². The molecule has 0 amide bonds. The maximum Gasteiger partial charge on any atom is 0.330 e. The highest BCUT2D eigenvalue weighted by molar-refractivity contribution is 5.81. The van der Waals surface area contributed by atoms with E-state index in [0.717, 1.165) is 6.92 Å². The molecule has 0 rings (SSSR count). The van der Waals surface area contributed by atoms with Crippen LogP contribution in [0.4, 0.5) is 8.78 Å². The topological polar surface area (TPSA) is 102 Å². The molecule has 0 saturated carbocycles. The van der Waals surface area contributed by atoms with E-state index in [0.29, 0.717) is 5.84 Å². The van der Waals surface area contributed by atoms with E-state index in [1.54, 1.807) is 6.92 Å². The van der Waals surface area contributed by atoms with Crippen molar-refractivity contribution >= 4 is 11.8 Å². The number of carboxylic acids is 1. The summed E-state index contributed by atoms with van der Waals surface area (Å²) >= 11 is 0. The zero-order chi connectivity index (χ0) is 13.6. The van der Waals surface area contributed by atoms with Crippen molar-refractivity contribution in [1.29, 1.82) is 0 Å². The summed E-state index contributed by atoms with van der Waals surface area (Å²) in [6.07, 6.45) is -0.0355. The number of aliphatic imine (C=N–C) groups is 1. The van der Waals surface area contributed by atoms with Gasteiger partial charge in [0, 0.05) is 13.0 Å². The Morgan fingerprint density at radius 3 is 2.41 bits per heavy atom. The van der Waals surface area contributed by atoms with Crippen LogP contribution < -0.4 is 11.5 Å². The van der Waals surface area contributed by atoms with Gasteiger partial charge in [-0.25, -0.2) is 13.6 Å². The Kier molecular flexibility index (Phi) is 5.73. The highest BCUT2D eigenvalue weighted by Gasteiger charge is 2.36. The monoisotopic (exact) mass is 249 g/mol. The number of nitrogens with zero attached hydrogens (tertiary/aromatic N) is 1. The van der Waals surface area contributed by atoms with Gasteiger partial charge in [-0.05, 0) is 20.3 Å². The van der Waals surface area contributed by atoms with Crippen LogP contribution in [-0.2, 0) is 4.79 Å². The average Bonchev–Trinajstić information content (AvgIpc) is 2.22. The molecule has 0 aromatic carbocycles. The van der Waals surface area contributed by atoms with E-state index in [-0.39, 0.29) is 19.4 Å². The van der Waals surface area contributed by atoms with Crippen LogP contribution in [0.25, 0.3) is 0 Å². The quantitative estimate of drug-likeness (QED) is 0.372. The Hall–Kier alpha value is -1.50. The highest BCUT2D eigenvalue weighted by atomic mass is 19.2. The van der Waals surface area contributed by atoms with E-state index in [2.05, 4.69) is 4.99 Å². The largest absolute Gasteiger partial charge is 0.480 e. The smallest absolute Gasteiger partial charge is 0.330 e. The molecule has 0 heterocycles. The molecule has 0 fully saturated rings. The molecular formula is C10H17F2N3O2. The second kappa shape index (κ2) is 6.29. The number of allylic oxidation sites excluding steroid dienone is 1. The molecule has 0 saturated heterocycles.